The number of hydrogen-bond acceptors (Lipinski definition) is 3. The molecule has 0 amide bonds. The molecule has 0 aromatic heterocycles. The number of allylic oxidation sites excluding steroid dienone is 1. The normalized spacial score (nSPS) is 25.8. The molecule has 0 saturated carbocycles. The summed E-state index contributed by atoms with van der Waals surface area (Å²) >= 11 is 0. The lowest BCUT2D eigenvalue weighted by molar-refractivity contribution is -0.150. The zero-order valence-electron chi connectivity index (χ0n) is 7.77. The maximum Gasteiger partial charge on any atom is 0.189 e. The fourth-order valence-electron chi connectivity index (χ4n) is 1.44. The highest BCUT2D eigenvalue weighted by molar-refractivity contribution is 5.22. The lowest BCUT2D eigenvalue weighted by Crippen LogP contribution is -2.36. The lowest BCUT2D eigenvalue weighted by atomic mass is 9.89. The first kappa shape index (κ1) is 10.3. The van der Waals surface area contributed by atoms with Gasteiger partial charge in [0.05, 0.1) is 0 Å². The van der Waals surface area contributed by atoms with Gasteiger partial charge in [-0.2, -0.15) is 0 Å². The number of rotatable bonds is 3. The maximum atomic E-state index is 9.49. The van der Waals surface area contributed by atoms with Gasteiger partial charge in [-0.05, 0) is 24.6 Å². The summed E-state index contributed by atoms with van der Waals surface area (Å²) in [6.07, 6.45) is 6.63. The van der Waals surface area contributed by atoms with Crippen molar-refractivity contribution < 1.29 is 15.3 Å². The van der Waals surface area contributed by atoms with Crippen molar-refractivity contribution in [1.29, 1.82) is 0 Å². The van der Waals surface area contributed by atoms with E-state index in [2.05, 4.69) is 0 Å². The van der Waals surface area contributed by atoms with Crippen molar-refractivity contribution in [3.05, 3.63) is 24.0 Å². The molecule has 0 fully saturated rings. The molecule has 3 nitrogen and oxygen atoms in total. The minimum atomic E-state index is -1.79. The van der Waals surface area contributed by atoms with Crippen LogP contribution < -0.4 is 0 Å². The third kappa shape index (κ3) is 2.57. The van der Waals surface area contributed by atoms with Gasteiger partial charge in [-0.15, -0.1) is 0 Å². The van der Waals surface area contributed by atoms with E-state index in [1.165, 1.54) is 18.2 Å². The van der Waals surface area contributed by atoms with Crippen LogP contribution in [0.5, 0.6) is 0 Å². The van der Waals surface area contributed by atoms with Crippen molar-refractivity contribution in [3.63, 3.8) is 0 Å². The van der Waals surface area contributed by atoms with Gasteiger partial charge in [0.25, 0.3) is 0 Å². The highest BCUT2D eigenvalue weighted by Crippen LogP contribution is 2.28. The summed E-state index contributed by atoms with van der Waals surface area (Å²) in [6.45, 7) is 2.04. The minimum absolute atomic E-state index is 0.111. The van der Waals surface area contributed by atoms with Gasteiger partial charge in [-0.25, -0.2) is 0 Å². The van der Waals surface area contributed by atoms with Crippen LogP contribution in [0.4, 0.5) is 0 Å². The summed E-state index contributed by atoms with van der Waals surface area (Å²) in [6, 6.07) is 0. The van der Waals surface area contributed by atoms with Crippen molar-refractivity contribution in [2.45, 2.75) is 32.0 Å². The van der Waals surface area contributed by atoms with E-state index in [9.17, 15) is 10.2 Å². The fraction of sp³-hybridized carbons (Fsp3) is 0.600. The standard InChI is InChI=1S/C10H16O3/c1-2-3-4-8-7-9(11)5-6-10(8,12)13/h5-8,11-13H,2-4H2,1H3. The van der Waals surface area contributed by atoms with E-state index in [1.807, 2.05) is 6.92 Å². The molecule has 0 spiro atoms. The number of hydrogen-bond donors (Lipinski definition) is 3. The topological polar surface area (TPSA) is 60.7 Å². The number of unbranched alkanes of at least 4 members (excludes halogenated alkanes) is 1. The van der Waals surface area contributed by atoms with Crippen LogP contribution in [0.15, 0.2) is 24.0 Å². The van der Waals surface area contributed by atoms with E-state index in [0.717, 1.165) is 12.8 Å². The first-order valence-electron chi connectivity index (χ1n) is 4.61. The van der Waals surface area contributed by atoms with Gasteiger partial charge in [0.15, 0.2) is 5.79 Å². The summed E-state index contributed by atoms with van der Waals surface area (Å²) in [7, 11) is 0. The van der Waals surface area contributed by atoms with Crippen LogP contribution in [0, 0.1) is 5.92 Å². The van der Waals surface area contributed by atoms with Crippen LogP contribution in [0.25, 0.3) is 0 Å². The monoisotopic (exact) mass is 184 g/mol. The van der Waals surface area contributed by atoms with Crippen molar-refractivity contribution in [1.82, 2.24) is 0 Å². The van der Waals surface area contributed by atoms with Gasteiger partial charge in [-0.3, -0.25) is 0 Å². The average molecular weight is 184 g/mol. The van der Waals surface area contributed by atoms with Crippen LogP contribution in [0.3, 0.4) is 0 Å². The summed E-state index contributed by atoms with van der Waals surface area (Å²) < 4.78 is 0. The molecule has 3 heteroatoms. The van der Waals surface area contributed by atoms with Gasteiger partial charge < -0.3 is 15.3 Å². The molecular weight excluding hydrogens is 168 g/mol. The van der Waals surface area contributed by atoms with Gasteiger partial charge in [0.2, 0.25) is 0 Å². The smallest absolute Gasteiger partial charge is 0.189 e. The highest BCUT2D eigenvalue weighted by atomic mass is 16.5. The molecule has 1 atom stereocenters. The molecule has 0 radical (unpaired) electrons. The zero-order valence-corrected chi connectivity index (χ0v) is 7.77. The number of aliphatic hydroxyl groups is 3. The third-order valence-corrected chi connectivity index (χ3v) is 2.29. The summed E-state index contributed by atoms with van der Waals surface area (Å²) in [5.74, 6) is -2.07. The van der Waals surface area contributed by atoms with Crippen LogP contribution in [0.2, 0.25) is 0 Å². The number of aliphatic hydroxyl groups excluding tert-OH is 1. The van der Waals surface area contributed by atoms with Crippen LogP contribution in [0.1, 0.15) is 26.2 Å². The minimum Gasteiger partial charge on any atom is -0.508 e. The van der Waals surface area contributed by atoms with Crippen LogP contribution in [-0.2, 0) is 0 Å². The average Bonchev–Trinajstić information content (AvgIpc) is 2.07. The summed E-state index contributed by atoms with van der Waals surface area (Å²) in [5, 5.41) is 28.1. The molecule has 74 valence electrons. The molecule has 1 aliphatic carbocycles. The van der Waals surface area contributed by atoms with Crippen molar-refractivity contribution >= 4 is 0 Å². The summed E-state index contributed by atoms with van der Waals surface area (Å²) in [4.78, 5) is 0. The second kappa shape index (κ2) is 3.94. The molecule has 0 bridgehead atoms. The van der Waals surface area contributed by atoms with E-state index in [0.29, 0.717) is 6.42 Å². The van der Waals surface area contributed by atoms with E-state index in [-0.39, 0.29) is 5.76 Å². The van der Waals surface area contributed by atoms with Crippen molar-refractivity contribution in [3.8, 4) is 0 Å². The van der Waals surface area contributed by atoms with E-state index < -0.39 is 11.7 Å². The van der Waals surface area contributed by atoms with Gasteiger partial charge >= 0.3 is 0 Å². The summed E-state index contributed by atoms with van der Waals surface area (Å²) in [5.41, 5.74) is 0. The Labute approximate surface area is 78.0 Å². The zero-order chi connectivity index (χ0) is 9.90. The third-order valence-electron chi connectivity index (χ3n) is 2.29. The van der Waals surface area contributed by atoms with Crippen LogP contribution in [-0.4, -0.2) is 21.1 Å². The Morgan fingerprint density at radius 2 is 2.15 bits per heavy atom. The Balaban J connectivity index is 2.64. The molecule has 0 saturated heterocycles. The highest BCUT2D eigenvalue weighted by Gasteiger charge is 2.32. The Kier molecular flexibility index (Phi) is 3.12. The van der Waals surface area contributed by atoms with Gasteiger partial charge in [-0.1, -0.05) is 19.8 Å². The predicted molar refractivity (Wildman–Crippen MR) is 50.0 cm³/mol. The van der Waals surface area contributed by atoms with Gasteiger partial charge in [0.1, 0.15) is 5.76 Å². The Morgan fingerprint density at radius 1 is 1.46 bits per heavy atom. The van der Waals surface area contributed by atoms with Crippen LogP contribution >= 0.6 is 0 Å². The molecular formula is C10H16O3. The molecule has 1 rings (SSSR count). The first-order chi connectivity index (χ1) is 6.06. The molecule has 0 aliphatic heterocycles. The second-order valence-corrected chi connectivity index (χ2v) is 3.46. The second-order valence-electron chi connectivity index (χ2n) is 3.46. The quantitative estimate of drug-likeness (QED) is 0.582. The molecule has 13 heavy (non-hydrogen) atoms. The van der Waals surface area contributed by atoms with Gasteiger partial charge in [0, 0.05) is 5.92 Å². The van der Waals surface area contributed by atoms with E-state index in [4.69, 9.17) is 5.11 Å². The fourth-order valence-corrected chi connectivity index (χ4v) is 1.44. The maximum absolute atomic E-state index is 9.49. The van der Waals surface area contributed by atoms with E-state index in [1.54, 1.807) is 0 Å². The Bertz CT molecular complexity index is 228. The SMILES string of the molecule is CCCCC1C=C(O)C=CC1(O)O. The molecule has 0 aromatic carbocycles. The lowest BCUT2D eigenvalue weighted by Gasteiger charge is -2.28. The Hall–Kier alpha value is -0.800. The van der Waals surface area contributed by atoms with E-state index >= 15 is 0 Å². The van der Waals surface area contributed by atoms with Crippen molar-refractivity contribution in [2.75, 3.05) is 0 Å². The predicted octanol–water partition coefficient (Wildman–Crippen LogP) is 1.49. The molecule has 0 aromatic rings. The van der Waals surface area contributed by atoms with Crippen molar-refractivity contribution in [2.24, 2.45) is 5.92 Å². The largest absolute Gasteiger partial charge is 0.508 e. The Morgan fingerprint density at radius 3 is 2.77 bits per heavy atom. The first-order valence-corrected chi connectivity index (χ1v) is 4.61. The molecule has 3 N–H and O–H groups in total. The molecule has 1 unspecified atom stereocenters. The molecule has 0 heterocycles. The molecule has 1 aliphatic rings.